The quantitative estimate of drug-likeness (QED) is 0.556. The monoisotopic (exact) mass is 231 g/mol. The van der Waals surface area contributed by atoms with E-state index in [9.17, 15) is 0 Å². The smallest absolute Gasteiger partial charge is 0.0252 e. The molecule has 1 fully saturated rings. The highest BCUT2D eigenvalue weighted by molar-refractivity contribution is 5.85. The van der Waals surface area contributed by atoms with Crippen LogP contribution in [0.3, 0.4) is 0 Å². The lowest BCUT2D eigenvalue weighted by Gasteiger charge is -2.26. The van der Waals surface area contributed by atoms with Crippen molar-refractivity contribution in [1.82, 2.24) is 5.32 Å². The predicted octanol–water partition coefficient (Wildman–Crippen LogP) is 4.08. The van der Waals surface area contributed by atoms with Crippen LogP contribution in [-0.4, -0.2) is 12.1 Å². The largest absolute Gasteiger partial charge is 0.308 e. The molecule has 1 N–H and O–H groups in total. The van der Waals surface area contributed by atoms with E-state index >= 15 is 0 Å². The number of piperidine rings is 1. The summed E-state index contributed by atoms with van der Waals surface area (Å²) in [4.78, 5) is 0. The minimum absolute atomic E-state index is 0. The van der Waals surface area contributed by atoms with Gasteiger partial charge in [-0.1, -0.05) is 38.3 Å². The number of unbranched alkanes of at least 4 members (excludes halogenated alkanes) is 3. The molecular weight excluding hydrogens is 206 g/mol. The van der Waals surface area contributed by atoms with Crippen molar-refractivity contribution in [3.8, 4) is 0 Å². The van der Waals surface area contributed by atoms with Crippen molar-refractivity contribution in [2.45, 2.75) is 70.9 Å². The van der Waals surface area contributed by atoms with Gasteiger partial charge in [-0.2, -0.15) is 0 Å². The van der Waals surface area contributed by atoms with E-state index in [1.807, 2.05) is 0 Å². The summed E-state index contributed by atoms with van der Waals surface area (Å²) in [6.07, 6.45) is 14.1. The third-order valence-electron chi connectivity index (χ3n) is 2.99. The molecule has 1 rings (SSSR count). The van der Waals surface area contributed by atoms with Gasteiger partial charge in [0.25, 0.3) is 0 Å². The highest BCUT2D eigenvalue weighted by Gasteiger charge is 2.14. The zero-order valence-electron chi connectivity index (χ0n) is 10.2. The molecule has 1 aliphatic heterocycles. The zero-order chi connectivity index (χ0) is 10.2. The van der Waals surface area contributed by atoms with Crippen LogP contribution in [-0.2, 0) is 0 Å². The van der Waals surface area contributed by atoms with Crippen molar-refractivity contribution in [2.24, 2.45) is 0 Å². The summed E-state index contributed by atoms with van der Waals surface area (Å²) < 4.78 is 0. The van der Waals surface area contributed by atoms with Gasteiger partial charge in [-0.15, -0.1) is 12.4 Å². The molecule has 1 saturated heterocycles. The molecule has 90 valence electrons. The van der Waals surface area contributed by atoms with Gasteiger partial charge in [0, 0.05) is 12.1 Å². The van der Waals surface area contributed by atoms with Crippen LogP contribution in [0.1, 0.15) is 58.8 Å². The second-order valence-electron chi connectivity index (χ2n) is 4.53. The molecule has 0 aromatic carbocycles. The summed E-state index contributed by atoms with van der Waals surface area (Å²) >= 11 is 0. The molecule has 0 aromatic heterocycles. The number of hydrogen-bond acceptors (Lipinski definition) is 1. The maximum atomic E-state index is 3.62. The van der Waals surface area contributed by atoms with Gasteiger partial charge >= 0.3 is 0 Å². The second kappa shape index (κ2) is 9.23. The SMILES string of the molecule is CCCCCC=CC1CCCC(C)N1.Cl. The van der Waals surface area contributed by atoms with Gasteiger partial charge in [0.1, 0.15) is 0 Å². The average molecular weight is 232 g/mol. The Labute approximate surface area is 101 Å². The fourth-order valence-electron chi connectivity index (χ4n) is 2.10. The molecular formula is C13H26ClN. The van der Waals surface area contributed by atoms with Crippen LogP contribution >= 0.6 is 12.4 Å². The topological polar surface area (TPSA) is 12.0 Å². The molecule has 0 bridgehead atoms. The lowest BCUT2D eigenvalue weighted by Crippen LogP contribution is -2.39. The molecule has 2 unspecified atom stereocenters. The number of hydrogen-bond donors (Lipinski definition) is 1. The van der Waals surface area contributed by atoms with E-state index in [0.29, 0.717) is 12.1 Å². The highest BCUT2D eigenvalue weighted by atomic mass is 35.5. The first-order valence-electron chi connectivity index (χ1n) is 6.25. The Morgan fingerprint density at radius 3 is 2.73 bits per heavy atom. The predicted molar refractivity (Wildman–Crippen MR) is 70.8 cm³/mol. The normalized spacial score (nSPS) is 26.5. The first-order valence-corrected chi connectivity index (χ1v) is 6.25. The minimum Gasteiger partial charge on any atom is -0.308 e. The maximum Gasteiger partial charge on any atom is 0.0252 e. The molecule has 1 aliphatic rings. The third kappa shape index (κ3) is 6.97. The Bertz CT molecular complexity index is 168. The highest BCUT2D eigenvalue weighted by Crippen LogP contribution is 2.13. The van der Waals surface area contributed by atoms with E-state index < -0.39 is 0 Å². The lowest BCUT2D eigenvalue weighted by molar-refractivity contribution is 0.374. The van der Waals surface area contributed by atoms with Crippen molar-refractivity contribution in [3.63, 3.8) is 0 Å². The molecule has 0 radical (unpaired) electrons. The summed E-state index contributed by atoms with van der Waals surface area (Å²) in [6.45, 7) is 4.55. The van der Waals surface area contributed by atoms with E-state index in [0.717, 1.165) is 0 Å². The van der Waals surface area contributed by atoms with Gasteiger partial charge < -0.3 is 5.32 Å². The molecule has 0 saturated carbocycles. The van der Waals surface area contributed by atoms with E-state index in [2.05, 4.69) is 31.3 Å². The molecule has 2 heteroatoms. The van der Waals surface area contributed by atoms with Crippen molar-refractivity contribution in [3.05, 3.63) is 12.2 Å². The summed E-state index contributed by atoms with van der Waals surface area (Å²) in [5, 5.41) is 3.62. The molecule has 0 amide bonds. The molecule has 0 aliphatic carbocycles. The van der Waals surface area contributed by atoms with Crippen molar-refractivity contribution < 1.29 is 0 Å². The van der Waals surface area contributed by atoms with Crippen molar-refractivity contribution >= 4 is 12.4 Å². The summed E-state index contributed by atoms with van der Waals surface area (Å²) in [5.74, 6) is 0. The van der Waals surface area contributed by atoms with Gasteiger partial charge in [-0.3, -0.25) is 0 Å². The number of allylic oxidation sites excluding steroid dienone is 1. The molecule has 1 nitrogen and oxygen atoms in total. The minimum atomic E-state index is 0. The Hall–Kier alpha value is -0.0100. The Morgan fingerprint density at radius 2 is 2.07 bits per heavy atom. The van der Waals surface area contributed by atoms with Gasteiger partial charge in [0.15, 0.2) is 0 Å². The van der Waals surface area contributed by atoms with Crippen LogP contribution in [0.5, 0.6) is 0 Å². The van der Waals surface area contributed by atoms with Gasteiger partial charge in [0.2, 0.25) is 0 Å². The van der Waals surface area contributed by atoms with Crippen molar-refractivity contribution in [1.29, 1.82) is 0 Å². The molecule has 15 heavy (non-hydrogen) atoms. The molecule has 0 spiro atoms. The Kier molecular flexibility index (Phi) is 9.23. The summed E-state index contributed by atoms with van der Waals surface area (Å²) in [6, 6.07) is 1.37. The van der Waals surface area contributed by atoms with E-state index in [1.54, 1.807) is 0 Å². The number of halogens is 1. The molecule has 1 heterocycles. The molecule has 2 atom stereocenters. The third-order valence-corrected chi connectivity index (χ3v) is 2.99. The standard InChI is InChI=1S/C13H25N.ClH/c1-3-4-5-6-7-10-13-11-8-9-12(2)14-13;/h7,10,12-14H,3-6,8-9,11H2,1-2H3;1H. The Balaban J connectivity index is 0.00000196. The first kappa shape index (κ1) is 15.0. The first-order chi connectivity index (χ1) is 6.83. The van der Waals surface area contributed by atoms with Crippen LogP contribution in [0.4, 0.5) is 0 Å². The van der Waals surface area contributed by atoms with Crippen LogP contribution in [0.15, 0.2) is 12.2 Å². The van der Waals surface area contributed by atoms with E-state index in [1.165, 1.54) is 44.9 Å². The van der Waals surface area contributed by atoms with E-state index in [-0.39, 0.29) is 12.4 Å². The van der Waals surface area contributed by atoms with Crippen LogP contribution in [0.2, 0.25) is 0 Å². The van der Waals surface area contributed by atoms with Crippen molar-refractivity contribution in [2.75, 3.05) is 0 Å². The van der Waals surface area contributed by atoms with Crippen LogP contribution < -0.4 is 5.32 Å². The van der Waals surface area contributed by atoms with Gasteiger partial charge in [-0.25, -0.2) is 0 Å². The lowest BCUT2D eigenvalue weighted by atomic mass is 9.99. The second-order valence-corrected chi connectivity index (χ2v) is 4.53. The van der Waals surface area contributed by atoms with E-state index in [4.69, 9.17) is 0 Å². The Morgan fingerprint density at radius 1 is 1.27 bits per heavy atom. The summed E-state index contributed by atoms with van der Waals surface area (Å²) in [7, 11) is 0. The molecule has 0 aromatic rings. The number of nitrogens with one attached hydrogen (secondary N) is 1. The van der Waals surface area contributed by atoms with Crippen LogP contribution in [0, 0.1) is 0 Å². The summed E-state index contributed by atoms with van der Waals surface area (Å²) in [5.41, 5.74) is 0. The fraction of sp³-hybridized carbons (Fsp3) is 0.846. The zero-order valence-corrected chi connectivity index (χ0v) is 11.0. The number of rotatable bonds is 5. The maximum absolute atomic E-state index is 3.62. The fourth-order valence-corrected chi connectivity index (χ4v) is 2.10. The van der Waals surface area contributed by atoms with Gasteiger partial charge in [0.05, 0.1) is 0 Å². The average Bonchev–Trinajstić information content (AvgIpc) is 2.18. The van der Waals surface area contributed by atoms with Crippen LogP contribution in [0.25, 0.3) is 0 Å². The van der Waals surface area contributed by atoms with Gasteiger partial charge in [-0.05, 0) is 32.6 Å².